The quantitative estimate of drug-likeness (QED) is 0.822. The first-order chi connectivity index (χ1) is 10.1. The van der Waals surface area contributed by atoms with Gasteiger partial charge in [0.05, 0.1) is 24.8 Å². The van der Waals surface area contributed by atoms with Crippen LogP contribution in [0.4, 0.5) is 0 Å². The molecule has 1 aromatic rings. The van der Waals surface area contributed by atoms with Gasteiger partial charge < -0.3 is 20.1 Å². The maximum atomic E-state index is 5.50. The number of nitrogens with one attached hydrogen (secondary N) is 2. The Morgan fingerprint density at radius 2 is 2.29 bits per heavy atom. The van der Waals surface area contributed by atoms with Gasteiger partial charge in [-0.05, 0) is 53.9 Å². The van der Waals surface area contributed by atoms with E-state index in [4.69, 9.17) is 9.47 Å². The van der Waals surface area contributed by atoms with E-state index in [2.05, 4.69) is 52.5 Å². The second kappa shape index (κ2) is 8.13. The molecule has 21 heavy (non-hydrogen) atoms. The summed E-state index contributed by atoms with van der Waals surface area (Å²) in [5.74, 6) is 0.863. The number of hydrogen-bond acceptors (Lipinski definition) is 4. The van der Waals surface area contributed by atoms with Crippen LogP contribution in [0.3, 0.4) is 0 Å². The second-order valence-corrected chi connectivity index (χ2v) is 6.50. The van der Waals surface area contributed by atoms with E-state index in [1.165, 1.54) is 5.56 Å². The van der Waals surface area contributed by atoms with Crippen molar-refractivity contribution in [1.29, 1.82) is 0 Å². The number of rotatable bonds is 6. The highest BCUT2D eigenvalue weighted by Crippen LogP contribution is 2.28. The molecule has 2 rings (SSSR count). The summed E-state index contributed by atoms with van der Waals surface area (Å²) in [6, 6.07) is 7.41. The minimum atomic E-state index is 0.298. The van der Waals surface area contributed by atoms with Crippen LogP contribution in [0.1, 0.15) is 31.9 Å². The van der Waals surface area contributed by atoms with Gasteiger partial charge >= 0.3 is 0 Å². The lowest BCUT2D eigenvalue weighted by Crippen LogP contribution is -2.45. The predicted octanol–water partition coefficient (Wildman–Crippen LogP) is 2.88. The molecule has 5 heteroatoms. The SMILES string of the molecule is COc1ccc(C(C)NC(C)CC2COCCN2)cc1Br. The van der Waals surface area contributed by atoms with Gasteiger partial charge in [-0.1, -0.05) is 6.07 Å². The molecule has 0 spiro atoms. The minimum absolute atomic E-state index is 0.298. The molecule has 0 aromatic heterocycles. The zero-order chi connectivity index (χ0) is 15.2. The Morgan fingerprint density at radius 1 is 1.48 bits per heavy atom. The summed E-state index contributed by atoms with van der Waals surface area (Å²) in [6.07, 6.45) is 1.07. The monoisotopic (exact) mass is 356 g/mol. The van der Waals surface area contributed by atoms with E-state index in [1.807, 2.05) is 6.07 Å². The molecule has 0 radical (unpaired) electrons. The Hall–Kier alpha value is -0.620. The molecule has 2 N–H and O–H groups in total. The van der Waals surface area contributed by atoms with Crippen LogP contribution in [0.15, 0.2) is 22.7 Å². The highest BCUT2D eigenvalue weighted by Gasteiger charge is 2.18. The van der Waals surface area contributed by atoms with Crippen molar-refractivity contribution >= 4 is 15.9 Å². The molecule has 3 atom stereocenters. The van der Waals surface area contributed by atoms with Crippen LogP contribution in [-0.4, -0.2) is 39.0 Å². The number of methoxy groups -OCH3 is 1. The van der Waals surface area contributed by atoms with E-state index in [9.17, 15) is 0 Å². The molecule has 1 saturated heterocycles. The first-order valence-corrected chi connectivity index (χ1v) is 8.30. The number of morpholine rings is 1. The van der Waals surface area contributed by atoms with Gasteiger partial charge in [-0.2, -0.15) is 0 Å². The molecule has 118 valence electrons. The average Bonchev–Trinajstić information content (AvgIpc) is 2.48. The maximum absolute atomic E-state index is 5.50. The van der Waals surface area contributed by atoms with Crippen molar-refractivity contribution in [3.05, 3.63) is 28.2 Å². The Morgan fingerprint density at radius 3 is 2.90 bits per heavy atom. The number of ether oxygens (including phenoxy) is 2. The molecule has 1 aliphatic rings. The number of hydrogen-bond donors (Lipinski definition) is 2. The van der Waals surface area contributed by atoms with Gasteiger partial charge in [0.25, 0.3) is 0 Å². The molecular weight excluding hydrogens is 332 g/mol. The van der Waals surface area contributed by atoms with E-state index in [0.717, 1.165) is 36.4 Å². The van der Waals surface area contributed by atoms with E-state index in [1.54, 1.807) is 7.11 Å². The Kier molecular flexibility index (Phi) is 6.48. The maximum Gasteiger partial charge on any atom is 0.133 e. The first kappa shape index (κ1) is 16.7. The molecular formula is C16H25BrN2O2. The lowest BCUT2D eigenvalue weighted by molar-refractivity contribution is 0.0708. The minimum Gasteiger partial charge on any atom is -0.496 e. The molecule has 1 fully saturated rings. The highest BCUT2D eigenvalue weighted by molar-refractivity contribution is 9.10. The lowest BCUT2D eigenvalue weighted by atomic mass is 10.0. The van der Waals surface area contributed by atoms with E-state index in [0.29, 0.717) is 18.1 Å². The van der Waals surface area contributed by atoms with Crippen molar-refractivity contribution in [3.63, 3.8) is 0 Å². The van der Waals surface area contributed by atoms with Gasteiger partial charge in [0.2, 0.25) is 0 Å². The summed E-state index contributed by atoms with van der Waals surface area (Å²) in [5.41, 5.74) is 1.25. The van der Waals surface area contributed by atoms with Crippen molar-refractivity contribution in [2.75, 3.05) is 26.9 Å². The predicted molar refractivity (Wildman–Crippen MR) is 88.9 cm³/mol. The smallest absolute Gasteiger partial charge is 0.133 e. The molecule has 4 nitrogen and oxygen atoms in total. The zero-order valence-corrected chi connectivity index (χ0v) is 14.6. The molecule has 1 aliphatic heterocycles. The standard InChI is InChI=1S/C16H25BrN2O2/c1-11(8-14-10-21-7-6-18-14)19-12(2)13-4-5-16(20-3)15(17)9-13/h4-5,9,11-12,14,18-19H,6-8,10H2,1-3H3. The third kappa shape index (κ3) is 4.95. The van der Waals surface area contributed by atoms with Crippen molar-refractivity contribution in [1.82, 2.24) is 10.6 Å². The van der Waals surface area contributed by atoms with Crippen LogP contribution in [0.25, 0.3) is 0 Å². The Labute approximate surface area is 135 Å². The largest absolute Gasteiger partial charge is 0.496 e. The molecule has 0 amide bonds. The average molecular weight is 357 g/mol. The lowest BCUT2D eigenvalue weighted by Gasteiger charge is -2.28. The van der Waals surface area contributed by atoms with Crippen LogP contribution in [0.5, 0.6) is 5.75 Å². The van der Waals surface area contributed by atoms with Crippen LogP contribution in [0.2, 0.25) is 0 Å². The zero-order valence-electron chi connectivity index (χ0n) is 13.0. The number of benzene rings is 1. The van der Waals surface area contributed by atoms with Gasteiger partial charge in [0, 0.05) is 24.7 Å². The van der Waals surface area contributed by atoms with Crippen molar-refractivity contribution in [3.8, 4) is 5.75 Å². The molecule has 0 saturated carbocycles. The summed E-state index contributed by atoms with van der Waals surface area (Å²) in [5, 5.41) is 7.15. The van der Waals surface area contributed by atoms with E-state index in [-0.39, 0.29) is 0 Å². The fraction of sp³-hybridized carbons (Fsp3) is 0.625. The molecule has 1 aromatic carbocycles. The molecule has 3 unspecified atom stereocenters. The summed E-state index contributed by atoms with van der Waals surface area (Å²) < 4.78 is 11.8. The summed E-state index contributed by atoms with van der Waals surface area (Å²) in [7, 11) is 1.68. The Balaban J connectivity index is 1.87. The molecule has 1 heterocycles. The fourth-order valence-electron chi connectivity index (χ4n) is 2.74. The van der Waals surface area contributed by atoms with Crippen molar-refractivity contribution < 1.29 is 9.47 Å². The summed E-state index contributed by atoms with van der Waals surface area (Å²) in [6.45, 7) is 7.02. The third-order valence-corrected chi connectivity index (χ3v) is 4.47. The van der Waals surface area contributed by atoms with Crippen LogP contribution in [-0.2, 0) is 4.74 Å². The summed E-state index contributed by atoms with van der Waals surface area (Å²) in [4.78, 5) is 0. The normalized spacial score (nSPS) is 21.8. The van der Waals surface area contributed by atoms with Gasteiger partial charge in [-0.3, -0.25) is 0 Å². The van der Waals surface area contributed by atoms with Crippen molar-refractivity contribution in [2.24, 2.45) is 0 Å². The van der Waals surface area contributed by atoms with Gasteiger partial charge in [0.15, 0.2) is 0 Å². The van der Waals surface area contributed by atoms with E-state index >= 15 is 0 Å². The second-order valence-electron chi connectivity index (χ2n) is 5.65. The molecule has 0 bridgehead atoms. The van der Waals surface area contributed by atoms with Gasteiger partial charge in [-0.15, -0.1) is 0 Å². The number of halogens is 1. The van der Waals surface area contributed by atoms with Gasteiger partial charge in [-0.25, -0.2) is 0 Å². The van der Waals surface area contributed by atoms with Crippen LogP contribution >= 0.6 is 15.9 Å². The van der Waals surface area contributed by atoms with E-state index < -0.39 is 0 Å². The highest BCUT2D eigenvalue weighted by atomic mass is 79.9. The fourth-order valence-corrected chi connectivity index (χ4v) is 3.30. The van der Waals surface area contributed by atoms with Crippen LogP contribution < -0.4 is 15.4 Å². The third-order valence-electron chi connectivity index (χ3n) is 3.85. The van der Waals surface area contributed by atoms with Crippen molar-refractivity contribution in [2.45, 2.75) is 38.4 Å². The molecule has 0 aliphatic carbocycles. The van der Waals surface area contributed by atoms with Crippen LogP contribution in [0, 0.1) is 0 Å². The topological polar surface area (TPSA) is 42.5 Å². The Bertz CT molecular complexity index is 450. The summed E-state index contributed by atoms with van der Waals surface area (Å²) >= 11 is 3.54. The first-order valence-electron chi connectivity index (χ1n) is 7.50. The van der Waals surface area contributed by atoms with Gasteiger partial charge in [0.1, 0.15) is 5.75 Å².